The molecule has 2 aliphatic rings. The lowest BCUT2D eigenvalue weighted by atomic mass is 9.82. The number of carbonyl (C=O) groups excluding carboxylic acids is 2. The van der Waals surface area contributed by atoms with Gasteiger partial charge in [-0.2, -0.15) is 5.10 Å². The summed E-state index contributed by atoms with van der Waals surface area (Å²) in [4.78, 5) is 28.6. The van der Waals surface area contributed by atoms with Crippen molar-refractivity contribution >= 4 is 23.4 Å². The molecule has 160 valence electrons. The van der Waals surface area contributed by atoms with Crippen LogP contribution in [0.1, 0.15) is 19.3 Å². The molecule has 3 amide bonds. The summed E-state index contributed by atoms with van der Waals surface area (Å²) in [5.74, 6) is -0.773. The van der Waals surface area contributed by atoms with Gasteiger partial charge in [0, 0.05) is 38.0 Å². The average Bonchev–Trinajstić information content (AvgIpc) is 3.18. The van der Waals surface area contributed by atoms with Gasteiger partial charge >= 0.3 is 6.03 Å². The molecule has 3 heterocycles. The van der Waals surface area contributed by atoms with E-state index in [-0.39, 0.29) is 11.6 Å². The summed E-state index contributed by atoms with van der Waals surface area (Å²) in [5.41, 5.74) is -0.421. The van der Waals surface area contributed by atoms with Crippen molar-refractivity contribution in [1.82, 2.24) is 14.7 Å². The highest BCUT2D eigenvalue weighted by Gasteiger charge is 2.46. The summed E-state index contributed by atoms with van der Waals surface area (Å²) in [6, 6.07) is 4.26. The maximum Gasteiger partial charge on any atom is 0.321 e. The maximum atomic E-state index is 13.4. The molecular weight excluding hydrogens is 396 g/mol. The minimum Gasteiger partial charge on any atom is -0.383 e. The largest absolute Gasteiger partial charge is 0.383 e. The number of urea groups is 1. The first-order chi connectivity index (χ1) is 14.4. The van der Waals surface area contributed by atoms with Gasteiger partial charge in [0.15, 0.2) is 0 Å². The highest BCUT2D eigenvalue weighted by atomic mass is 19.1. The number of aromatic nitrogens is 2. The fourth-order valence-electron chi connectivity index (χ4n) is 4.21. The highest BCUT2D eigenvalue weighted by molar-refractivity contribution is 5.95. The topological polar surface area (TPSA) is 79.7 Å². The number of amides is 3. The Hall–Kier alpha value is -3.01. The van der Waals surface area contributed by atoms with E-state index in [2.05, 4.69) is 10.4 Å². The van der Waals surface area contributed by atoms with Crippen molar-refractivity contribution in [2.24, 2.45) is 0 Å². The van der Waals surface area contributed by atoms with Gasteiger partial charge in [-0.1, -0.05) is 0 Å². The minimum atomic E-state index is -0.757. The van der Waals surface area contributed by atoms with Crippen LogP contribution in [0.4, 0.5) is 25.1 Å². The Morgan fingerprint density at radius 3 is 2.60 bits per heavy atom. The normalized spacial score (nSPS) is 17.9. The van der Waals surface area contributed by atoms with Gasteiger partial charge in [-0.3, -0.25) is 9.69 Å². The average molecular weight is 419 g/mol. The van der Waals surface area contributed by atoms with Crippen LogP contribution in [0.5, 0.6) is 0 Å². The number of hydrogen-bond acceptors (Lipinski definition) is 4. The van der Waals surface area contributed by atoms with E-state index in [9.17, 15) is 18.4 Å². The second-order valence-corrected chi connectivity index (χ2v) is 7.62. The zero-order valence-electron chi connectivity index (χ0n) is 16.6. The van der Waals surface area contributed by atoms with E-state index >= 15 is 0 Å². The molecule has 0 saturated carbocycles. The summed E-state index contributed by atoms with van der Waals surface area (Å²) in [6.07, 6.45) is 3.08. The molecule has 0 radical (unpaired) electrons. The molecule has 1 spiro atoms. The Labute approximate surface area is 172 Å². The molecule has 1 aromatic carbocycles. The van der Waals surface area contributed by atoms with Crippen molar-refractivity contribution in [3.8, 4) is 0 Å². The fraction of sp³-hybridized carbons (Fsp3) is 0.450. The molecule has 1 N–H and O–H groups in total. The van der Waals surface area contributed by atoms with E-state index in [1.165, 1.54) is 0 Å². The van der Waals surface area contributed by atoms with E-state index < -0.39 is 23.2 Å². The Morgan fingerprint density at radius 1 is 1.23 bits per heavy atom. The molecule has 4 rings (SSSR count). The van der Waals surface area contributed by atoms with Gasteiger partial charge in [0.05, 0.1) is 31.3 Å². The predicted octanol–water partition coefficient (Wildman–Crippen LogP) is 2.57. The van der Waals surface area contributed by atoms with Crippen LogP contribution >= 0.6 is 0 Å². The van der Waals surface area contributed by atoms with Gasteiger partial charge in [-0.15, -0.1) is 0 Å². The van der Waals surface area contributed by atoms with Gasteiger partial charge in [0.1, 0.15) is 17.5 Å². The number of carbonyl (C=O) groups is 2. The van der Waals surface area contributed by atoms with E-state index in [0.29, 0.717) is 45.5 Å². The molecule has 1 saturated heterocycles. The third-order valence-corrected chi connectivity index (χ3v) is 5.74. The third kappa shape index (κ3) is 3.74. The Kier molecular flexibility index (Phi) is 5.42. The molecule has 0 aliphatic carbocycles. The summed E-state index contributed by atoms with van der Waals surface area (Å²) < 4.78 is 33.7. The second kappa shape index (κ2) is 8.02. The van der Waals surface area contributed by atoms with Crippen LogP contribution in [0.25, 0.3) is 0 Å². The van der Waals surface area contributed by atoms with E-state index in [0.717, 1.165) is 24.0 Å². The van der Waals surface area contributed by atoms with Crippen LogP contribution in [0.15, 0.2) is 30.5 Å². The molecule has 2 aliphatic heterocycles. The number of nitrogens with one attached hydrogen (secondary N) is 1. The number of likely N-dealkylation sites (tertiary alicyclic amines) is 1. The molecule has 8 nitrogen and oxygen atoms in total. The second-order valence-electron chi connectivity index (χ2n) is 7.62. The molecule has 0 bridgehead atoms. The quantitative estimate of drug-likeness (QED) is 0.826. The summed E-state index contributed by atoms with van der Waals surface area (Å²) in [7, 11) is 1.59. The number of anilines is 2. The molecule has 30 heavy (non-hydrogen) atoms. The molecule has 1 fully saturated rings. The highest BCUT2D eigenvalue weighted by Crippen LogP contribution is 2.40. The van der Waals surface area contributed by atoms with Gasteiger partial charge in [-0.05, 0) is 25.0 Å². The smallest absolute Gasteiger partial charge is 0.321 e. The van der Waals surface area contributed by atoms with Crippen molar-refractivity contribution in [3.05, 3.63) is 42.1 Å². The number of halogens is 2. The van der Waals surface area contributed by atoms with Gasteiger partial charge < -0.3 is 15.0 Å². The van der Waals surface area contributed by atoms with Gasteiger partial charge in [0.2, 0.25) is 5.91 Å². The van der Waals surface area contributed by atoms with Crippen LogP contribution < -0.4 is 10.2 Å². The molecule has 0 unspecified atom stereocenters. The van der Waals surface area contributed by atoms with Crippen molar-refractivity contribution in [2.45, 2.75) is 24.8 Å². The van der Waals surface area contributed by atoms with E-state index in [4.69, 9.17) is 4.74 Å². The summed E-state index contributed by atoms with van der Waals surface area (Å²) in [6.45, 7) is 1.68. The molecular formula is C20H23F2N5O3. The van der Waals surface area contributed by atoms with Gasteiger partial charge in [-0.25, -0.2) is 18.3 Å². The number of piperidine rings is 1. The van der Waals surface area contributed by atoms with Crippen molar-refractivity contribution in [3.63, 3.8) is 0 Å². The first-order valence-electron chi connectivity index (χ1n) is 9.78. The van der Waals surface area contributed by atoms with Crippen LogP contribution in [0.2, 0.25) is 0 Å². The Morgan fingerprint density at radius 2 is 1.93 bits per heavy atom. The van der Waals surface area contributed by atoms with Crippen molar-refractivity contribution < 1.29 is 23.1 Å². The Balaban J connectivity index is 1.45. The maximum absolute atomic E-state index is 13.4. The third-order valence-electron chi connectivity index (χ3n) is 5.74. The standard InChI is InChI=1S/C20H23F2N5O3/c1-30-9-8-26-17-2-5-23-27(17)20(13-18(26)28)3-6-25(7-4-20)19(29)24-16-11-14(21)10-15(22)12-16/h2,5,10-12H,3-4,6-9,13H2,1H3,(H,24,29). The lowest BCUT2D eigenvalue weighted by Gasteiger charge is -2.46. The summed E-state index contributed by atoms with van der Waals surface area (Å²) in [5, 5.41) is 7.00. The molecule has 0 atom stereocenters. The fourth-order valence-corrected chi connectivity index (χ4v) is 4.21. The molecule has 1 aromatic heterocycles. The van der Waals surface area contributed by atoms with Gasteiger partial charge in [0.25, 0.3) is 0 Å². The number of hydrogen-bond donors (Lipinski definition) is 1. The van der Waals surface area contributed by atoms with E-state index in [1.54, 1.807) is 23.1 Å². The summed E-state index contributed by atoms with van der Waals surface area (Å²) >= 11 is 0. The number of ether oxygens (including phenoxy) is 1. The molecule has 10 heteroatoms. The lowest BCUT2D eigenvalue weighted by Crippen LogP contribution is -2.55. The van der Waals surface area contributed by atoms with Crippen LogP contribution in [0.3, 0.4) is 0 Å². The SMILES string of the molecule is COCCN1C(=O)CC2(CCN(C(=O)Nc3cc(F)cc(F)c3)CC2)n2nccc21. The van der Waals surface area contributed by atoms with Crippen LogP contribution in [-0.2, 0) is 15.1 Å². The zero-order valence-corrected chi connectivity index (χ0v) is 16.6. The number of methoxy groups -OCH3 is 1. The monoisotopic (exact) mass is 419 g/mol. The number of benzene rings is 1. The number of rotatable bonds is 4. The molecule has 2 aromatic rings. The minimum absolute atomic E-state index is 0.00758. The Bertz CT molecular complexity index is 935. The zero-order chi connectivity index (χ0) is 21.3. The number of fused-ring (bicyclic) bond motifs is 2. The van der Waals surface area contributed by atoms with E-state index in [1.807, 2.05) is 10.7 Å². The number of nitrogens with zero attached hydrogens (tertiary/aromatic N) is 4. The van der Waals surface area contributed by atoms with Crippen LogP contribution in [0, 0.1) is 11.6 Å². The van der Waals surface area contributed by atoms with Crippen LogP contribution in [-0.4, -0.2) is 60.0 Å². The first kappa shape index (κ1) is 20.3. The van der Waals surface area contributed by atoms with Crippen molar-refractivity contribution in [2.75, 3.05) is 43.6 Å². The first-order valence-corrected chi connectivity index (χ1v) is 9.78. The van der Waals surface area contributed by atoms with Crippen molar-refractivity contribution in [1.29, 1.82) is 0 Å². The lowest BCUT2D eigenvalue weighted by molar-refractivity contribution is -0.123. The predicted molar refractivity (Wildman–Crippen MR) is 105 cm³/mol.